The van der Waals surface area contributed by atoms with E-state index in [0.29, 0.717) is 5.75 Å². The number of methoxy groups -OCH3 is 1. The fourth-order valence-corrected chi connectivity index (χ4v) is 5.79. The lowest BCUT2D eigenvalue weighted by atomic mass is 9.98. The molecule has 200 valence electrons. The Labute approximate surface area is 231 Å². The van der Waals surface area contributed by atoms with E-state index in [1.807, 2.05) is 36.5 Å². The summed E-state index contributed by atoms with van der Waals surface area (Å²) in [5, 5.41) is 9.80. The maximum Gasteiger partial charge on any atom is 0.138 e. The van der Waals surface area contributed by atoms with Crippen molar-refractivity contribution in [2.24, 2.45) is 0 Å². The molecule has 40 heavy (non-hydrogen) atoms. The molecule has 0 atom stereocenters. The molecule has 7 heteroatoms. The van der Waals surface area contributed by atoms with Gasteiger partial charge in [0.2, 0.25) is 0 Å². The van der Waals surface area contributed by atoms with Crippen molar-refractivity contribution >= 4 is 21.8 Å². The third-order valence-electron chi connectivity index (χ3n) is 7.80. The predicted octanol–water partition coefficient (Wildman–Crippen LogP) is 8.30. The lowest BCUT2D eigenvalue weighted by Crippen LogP contribution is -2.19. The van der Waals surface area contributed by atoms with Crippen LogP contribution in [0.4, 0.5) is 4.39 Å². The number of hydrogen-bond donors (Lipinski definition) is 2. The first-order valence-electron chi connectivity index (χ1n) is 13.7. The molecular formula is C33H29FN4O2. The van der Waals surface area contributed by atoms with E-state index in [2.05, 4.69) is 44.4 Å². The number of benzene rings is 3. The molecule has 1 aliphatic carbocycles. The number of aromatic nitrogens is 4. The Bertz CT molecular complexity index is 1830. The minimum Gasteiger partial charge on any atom is -0.497 e. The average molecular weight is 533 g/mol. The van der Waals surface area contributed by atoms with E-state index < -0.39 is 0 Å². The number of aromatic amines is 2. The van der Waals surface area contributed by atoms with E-state index in [1.165, 1.54) is 31.4 Å². The zero-order valence-electron chi connectivity index (χ0n) is 22.2. The Morgan fingerprint density at radius 2 is 1.68 bits per heavy atom. The Hall–Kier alpha value is -4.65. The summed E-state index contributed by atoms with van der Waals surface area (Å²) in [6.45, 7) is 0. The van der Waals surface area contributed by atoms with Crippen molar-refractivity contribution in [2.75, 3.05) is 7.11 Å². The van der Waals surface area contributed by atoms with Crippen molar-refractivity contribution < 1.29 is 13.9 Å². The van der Waals surface area contributed by atoms with Crippen LogP contribution in [0.1, 0.15) is 32.1 Å². The standard InChI is InChI=1S/C33H29FN4O2/c1-39-25-13-21(12-23(34)16-25)27-8-5-9-30-28(27)17-32(36-30)33-29-15-20(10-11-31(29)37-38-33)22-14-26(19-35-18-22)40-24-6-3-2-4-7-24/h5,8-19,24,36H,2-4,6-7H2,1H3,(H,37,38). The largest absolute Gasteiger partial charge is 0.497 e. The lowest BCUT2D eigenvalue weighted by Gasteiger charge is -2.23. The van der Waals surface area contributed by atoms with Gasteiger partial charge in [0, 0.05) is 34.1 Å². The van der Waals surface area contributed by atoms with Crippen molar-refractivity contribution in [2.45, 2.75) is 38.2 Å². The van der Waals surface area contributed by atoms with Crippen molar-refractivity contribution in [1.82, 2.24) is 20.2 Å². The second-order valence-electron chi connectivity index (χ2n) is 10.4. The van der Waals surface area contributed by atoms with Crippen molar-refractivity contribution in [3.8, 4) is 45.1 Å². The molecule has 0 spiro atoms. The molecule has 6 aromatic rings. The molecule has 0 radical (unpaired) electrons. The van der Waals surface area contributed by atoms with E-state index in [0.717, 1.165) is 74.0 Å². The smallest absolute Gasteiger partial charge is 0.138 e. The second-order valence-corrected chi connectivity index (χ2v) is 10.4. The minimum absolute atomic E-state index is 0.272. The maximum absolute atomic E-state index is 14.3. The summed E-state index contributed by atoms with van der Waals surface area (Å²) in [6, 6.07) is 21.1. The summed E-state index contributed by atoms with van der Waals surface area (Å²) >= 11 is 0. The highest BCUT2D eigenvalue weighted by molar-refractivity contribution is 6.02. The molecule has 1 fully saturated rings. The lowest BCUT2D eigenvalue weighted by molar-refractivity contribution is 0.154. The van der Waals surface area contributed by atoms with Crippen LogP contribution in [-0.2, 0) is 0 Å². The highest BCUT2D eigenvalue weighted by atomic mass is 19.1. The van der Waals surface area contributed by atoms with Crippen LogP contribution in [0.25, 0.3) is 55.4 Å². The molecule has 7 rings (SSSR count). The van der Waals surface area contributed by atoms with Crippen LogP contribution in [0.15, 0.2) is 79.1 Å². The van der Waals surface area contributed by atoms with Crippen LogP contribution in [0, 0.1) is 5.82 Å². The first-order chi connectivity index (χ1) is 19.6. The molecule has 3 aromatic heterocycles. The van der Waals surface area contributed by atoms with Crippen LogP contribution in [0.2, 0.25) is 0 Å². The molecule has 3 heterocycles. The van der Waals surface area contributed by atoms with Gasteiger partial charge in [-0.05, 0) is 84.8 Å². The summed E-state index contributed by atoms with van der Waals surface area (Å²) in [5.74, 6) is 0.959. The van der Waals surface area contributed by atoms with Gasteiger partial charge in [0.1, 0.15) is 23.0 Å². The minimum atomic E-state index is -0.337. The number of nitrogens with one attached hydrogen (secondary N) is 2. The van der Waals surface area contributed by atoms with Crippen molar-refractivity contribution in [3.63, 3.8) is 0 Å². The summed E-state index contributed by atoms with van der Waals surface area (Å²) in [6.07, 6.45) is 9.90. The number of halogens is 1. The molecule has 6 nitrogen and oxygen atoms in total. The second kappa shape index (κ2) is 10.2. The number of rotatable bonds is 6. The van der Waals surface area contributed by atoms with Gasteiger partial charge in [0.25, 0.3) is 0 Å². The van der Waals surface area contributed by atoms with Crippen LogP contribution >= 0.6 is 0 Å². The molecule has 1 saturated carbocycles. The van der Waals surface area contributed by atoms with Gasteiger partial charge in [0.15, 0.2) is 0 Å². The Kier molecular flexibility index (Phi) is 6.19. The average Bonchev–Trinajstić information content (AvgIpc) is 3.61. The molecule has 2 N–H and O–H groups in total. The highest BCUT2D eigenvalue weighted by Crippen LogP contribution is 2.37. The first-order valence-corrected chi connectivity index (χ1v) is 13.7. The Balaban J connectivity index is 1.26. The maximum atomic E-state index is 14.3. The number of fused-ring (bicyclic) bond motifs is 2. The van der Waals surface area contributed by atoms with Gasteiger partial charge < -0.3 is 14.5 Å². The molecule has 0 unspecified atom stereocenters. The van der Waals surface area contributed by atoms with Gasteiger partial charge >= 0.3 is 0 Å². The molecule has 1 aliphatic rings. The van der Waals surface area contributed by atoms with Crippen LogP contribution in [-0.4, -0.2) is 33.4 Å². The molecule has 3 aromatic carbocycles. The summed E-state index contributed by atoms with van der Waals surface area (Å²) in [7, 11) is 1.54. The molecule has 0 aliphatic heterocycles. The fourth-order valence-electron chi connectivity index (χ4n) is 5.79. The molecule has 0 amide bonds. The van der Waals surface area contributed by atoms with Crippen LogP contribution in [0.5, 0.6) is 11.5 Å². The number of pyridine rings is 1. The van der Waals surface area contributed by atoms with Crippen LogP contribution < -0.4 is 9.47 Å². The van der Waals surface area contributed by atoms with Gasteiger partial charge in [-0.15, -0.1) is 0 Å². The monoisotopic (exact) mass is 532 g/mol. The quantitative estimate of drug-likeness (QED) is 0.226. The molecular weight excluding hydrogens is 503 g/mol. The normalized spacial score (nSPS) is 14.2. The van der Waals surface area contributed by atoms with Gasteiger partial charge in [-0.25, -0.2) is 4.39 Å². The summed E-state index contributed by atoms with van der Waals surface area (Å²) in [5.41, 5.74) is 7.29. The Morgan fingerprint density at radius 3 is 2.55 bits per heavy atom. The van der Waals surface area contributed by atoms with Gasteiger partial charge in [-0.1, -0.05) is 24.6 Å². The SMILES string of the molecule is COc1cc(F)cc(-c2cccc3[nH]c(-c4n[nH]c5ccc(-c6cncc(OC7CCCCC7)c6)cc45)cc23)c1. The zero-order chi connectivity index (χ0) is 27.1. The van der Waals surface area contributed by atoms with E-state index in [-0.39, 0.29) is 11.9 Å². The third kappa shape index (κ3) is 4.57. The first kappa shape index (κ1) is 24.4. The number of ether oxygens (including phenoxy) is 2. The topological polar surface area (TPSA) is 75.8 Å². The van der Waals surface area contributed by atoms with E-state index in [4.69, 9.17) is 9.47 Å². The fraction of sp³-hybridized carbons (Fsp3) is 0.212. The van der Waals surface area contributed by atoms with E-state index in [9.17, 15) is 4.39 Å². The number of nitrogens with zero attached hydrogens (tertiary/aromatic N) is 2. The number of H-pyrrole nitrogens is 2. The summed E-state index contributed by atoms with van der Waals surface area (Å²) < 4.78 is 25.9. The molecule has 0 saturated heterocycles. The van der Waals surface area contributed by atoms with Crippen molar-refractivity contribution in [1.29, 1.82) is 0 Å². The summed E-state index contributed by atoms with van der Waals surface area (Å²) in [4.78, 5) is 7.99. The van der Waals surface area contributed by atoms with E-state index in [1.54, 1.807) is 13.3 Å². The zero-order valence-corrected chi connectivity index (χ0v) is 22.2. The predicted molar refractivity (Wildman–Crippen MR) is 156 cm³/mol. The van der Waals surface area contributed by atoms with Gasteiger partial charge in [-0.2, -0.15) is 5.10 Å². The Morgan fingerprint density at radius 1 is 0.800 bits per heavy atom. The van der Waals surface area contributed by atoms with E-state index >= 15 is 0 Å². The van der Waals surface area contributed by atoms with Gasteiger partial charge in [-0.3, -0.25) is 10.1 Å². The van der Waals surface area contributed by atoms with Crippen molar-refractivity contribution in [3.05, 3.63) is 84.9 Å². The third-order valence-corrected chi connectivity index (χ3v) is 7.80. The molecule has 0 bridgehead atoms. The van der Waals surface area contributed by atoms with Gasteiger partial charge in [0.05, 0.1) is 30.6 Å². The van der Waals surface area contributed by atoms with Crippen LogP contribution in [0.3, 0.4) is 0 Å². The highest BCUT2D eigenvalue weighted by Gasteiger charge is 2.17. The number of hydrogen-bond acceptors (Lipinski definition) is 4.